The summed E-state index contributed by atoms with van der Waals surface area (Å²) in [7, 11) is 0. The van der Waals surface area contributed by atoms with Gasteiger partial charge in [-0.1, -0.05) is 49.6 Å². The molecule has 1 aromatic rings. The lowest BCUT2D eigenvalue weighted by molar-refractivity contribution is -0.668. The van der Waals surface area contributed by atoms with Crippen LogP contribution in [-0.4, -0.2) is 19.1 Å². The molecule has 0 atom stereocenters. The first-order valence-electron chi connectivity index (χ1n) is 8.40. The van der Waals surface area contributed by atoms with Crippen molar-refractivity contribution in [1.29, 1.82) is 0 Å². The third-order valence-corrected chi connectivity index (χ3v) is 5.04. The average molecular weight is 288 g/mol. The van der Waals surface area contributed by atoms with Crippen molar-refractivity contribution in [2.45, 2.75) is 50.5 Å². The van der Waals surface area contributed by atoms with E-state index in [2.05, 4.69) is 17.4 Å². The molecule has 1 aliphatic carbocycles. The predicted molar refractivity (Wildman–Crippen MR) is 81.7 cm³/mol. The number of hydrogen-bond acceptors (Lipinski definition) is 2. The van der Waals surface area contributed by atoms with Gasteiger partial charge in [-0.3, -0.25) is 4.79 Å². The summed E-state index contributed by atoms with van der Waals surface area (Å²) in [6, 6.07) is 10.3. The highest BCUT2D eigenvalue weighted by Gasteiger charge is 2.40. The van der Waals surface area contributed by atoms with Crippen LogP contribution in [0.4, 0.5) is 0 Å². The summed E-state index contributed by atoms with van der Waals surface area (Å²) in [5.74, 6) is 0.172. The Morgan fingerprint density at radius 1 is 1.05 bits per heavy atom. The Hall–Kier alpha value is -1.35. The lowest BCUT2D eigenvalue weighted by Gasteiger charge is -2.37. The van der Waals surface area contributed by atoms with Crippen molar-refractivity contribution in [2.75, 3.05) is 13.1 Å². The van der Waals surface area contributed by atoms with E-state index in [0.717, 1.165) is 38.8 Å². The predicted octanol–water partition coefficient (Wildman–Crippen LogP) is 2.36. The smallest absolute Gasteiger partial charge is 0.309 e. The van der Waals surface area contributed by atoms with Crippen molar-refractivity contribution < 1.29 is 14.8 Å². The maximum atomic E-state index is 12.6. The molecule has 21 heavy (non-hydrogen) atoms. The van der Waals surface area contributed by atoms with Gasteiger partial charge in [0.2, 0.25) is 0 Å². The zero-order valence-electron chi connectivity index (χ0n) is 12.7. The Morgan fingerprint density at radius 3 is 2.38 bits per heavy atom. The van der Waals surface area contributed by atoms with Gasteiger partial charge in [0.1, 0.15) is 5.60 Å². The van der Waals surface area contributed by atoms with Crippen LogP contribution >= 0.6 is 0 Å². The van der Waals surface area contributed by atoms with Crippen molar-refractivity contribution in [3.05, 3.63) is 35.9 Å². The van der Waals surface area contributed by atoms with Crippen molar-refractivity contribution in [1.82, 2.24) is 0 Å². The summed E-state index contributed by atoms with van der Waals surface area (Å²) < 4.78 is 6.15. The molecule has 114 valence electrons. The maximum absolute atomic E-state index is 12.6. The SMILES string of the molecule is O=C(OC1(c2ccccc2)CC[NH2+]CC1)C1CCCCC1. The van der Waals surface area contributed by atoms with E-state index in [4.69, 9.17) is 4.74 Å². The van der Waals surface area contributed by atoms with Gasteiger partial charge < -0.3 is 10.1 Å². The fourth-order valence-electron chi connectivity index (χ4n) is 3.75. The highest BCUT2D eigenvalue weighted by Crippen LogP contribution is 2.36. The molecule has 0 amide bonds. The minimum Gasteiger partial charge on any atom is -0.453 e. The summed E-state index contributed by atoms with van der Waals surface area (Å²) in [6.45, 7) is 2.07. The number of hydrogen-bond donors (Lipinski definition) is 1. The number of nitrogens with two attached hydrogens (primary N) is 1. The van der Waals surface area contributed by atoms with Gasteiger partial charge in [-0.25, -0.2) is 0 Å². The average Bonchev–Trinajstić information content (AvgIpc) is 2.57. The van der Waals surface area contributed by atoms with Gasteiger partial charge in [0.15, 0.2) is 0 Å². The molecule has 3 heteroatoms. The van der Waals surface area contributed by atoms with Crippen molar-refractivity contribution in [3.8, 4) is 0 Å². The lowest BCUT2D eigenvalue weighted by Crippen LogP contribution is -2.87. The minimum absolute atomic E-state index is 0.0421. The number of benzene rings is 1. The van der Waals surface area contributed by atoms with Crippen LogP contribution in [0.25, 0.3) is 0 Å². The van der Waals surface area contributed by atoms with E-state index >= 15 is 0 Å². The number of esters is 1. The van der Waals surface area contributed by atoms with Crippen LogP contribution in [0.3, 0.4) is 0 Å². The van der Waals surface area contributed by atoms with E-state index in [1.807, 2.05) is 18.2 Å². The van der Waals surface area contributed by atoms with Crippen molar-refractivity contribution >= 4 is 5.97 Å². The molecule has 3 rings (SSSR count). The number of quaternary nitrogens is 1. The monoisotopic (exact) mass is 288 g/mol. The van der Waals surface area contributed by atoms with E-state index in [1.54, 1.807) is 0 Å². The molecule has 1 saturated heterocycles. The van der Waals surface area contributed by atoms with E-state index < -0.39 is 0 Å². The van der Waals surface area contributed by atoms with Gasteiger partial charge in [-0.15, -0.1) is 0 Å². The third kappa shape index (κ3) is 3.29. The zero-order chi connectivity index (χ0) is 14.5. The second-order valence-corrected chi connectivity index (χ2v) is 6.48. The Balaban J connectivity index is 1.77. The molecule has 1 heterocycles. The van der Waals surface area contributed by atoms with Gasteiger partial charge in [0, 0.05) is 12.8 Å². The lowest BCUT2D eigenvalue weighted by atomic mass is 9.84. The van der Waals surface area contributed by atoms with Crippen LogP contribution in [0.1, 0.15) is 50.5 Å². The molecule has 1 aliphatic heterocycles. The van der Waals surface area contributed by atoms with Crippen LogP contribution in [0.5, 0.6) is 0 Å². The first-order valence-corrected chi connectivity index (χ1v) is 8.40. The number of ether oxygens (including phenoxy) is 1. The quantitative estimate of drug-likeness (QED) is 0.868. The topological polar surface area (TPSA) is 42.9 Å². The second-order valence-electron chi connectivity index (χ2n) is 6.48. The van der Waals surface area contributed by atoms with E-state index in [-0.39, 0.29) is 17.5 Å². The molecular weight excluding hydrogens is 262 g/mol. The molecule has 3 nitrogen and oxygen atoms in total. The Bertz CT molecular complexity index is 459. The number of rotatable bonds is 3. The summed E-state index contributed by atoms with van der Waals surface area (Å²) in [5.41, 5.74) is 0.784. The number of piperidine rings is 1. The molecule has 0 aromatic heterocycles. The van der Waals surface area contributed by atoms with Gasteiger partial charge in [0.25, 0.3) is 0 Å². The summed E-state index contributed by atoms with van der Waals surface area (Å²) >= 11 is 0. The molecule has 1 aromatic carbocycles. The Labute approximate surface area is 127 Å². The highest BCUT2D eigenvalue weighted by molar-refractivity contribution is 5.73. The first-order chi connectivity index (χ1) is 10.3. The Kier molecular flexibility index (Phi) is 4.59. The normalized spacial score (nSPS) is 22.7. The zero-order valence-corrected chi connectivity index (χ0v) is 12.7. The van der Waals surface area contributed by atoms with E-state index in [9.17, 15) is 4.79 Å². The fourth-order valence-corrected chi connectivity index (χ4v) is 3.75. The van der Waals surface area contributed by atoms with Crippen LogP contribution in [0.15, 0.2) is 30.3 Å². The van der Waals surface area contributed by atoms with Crippen LogP contribution in [-0.2, 0) is 15.1 Å². The van der Waals surface area contributed by atoms with Gasteiger partial charge in [-0.05, 0) is 18.4 Å². The summed E-state index contributed by atoms with van der Waals surface area (Å²) in [5, 5.41) is 2.32. The van der Waals surface area contributed by atoms with Gasteiger partial charge in [-0.2, -0.15) is 0 Å². The van der Waals surface area contributed by atoms with E-state index in [1.165, 1.54) is 24.8 Å². The molecule has 0 spiro atoms. The summed E-state index contributed by atoms with van der Waals surface area (Å²) in [4.78, 5) is 12.6. The van der Waals surface area contributed by atoms with Gasteiger partial charge >= 0.3 is 5.97 Å². The molecule has 2 fully saturated rings. The van der Waals surface area contributed by atoms with Gasteiger partial charge in [0.05, 0.1) is 19.0 Å². The Morgan fingerprint density at radius 2 is 1.71 bits per heavy atom. The first kappa shape index (κ1) is 14.6. The minimum atomic E-state index is -0.384. The molecule has 0 radical (unpaired) electrons. The molecule has 2 N–H and O–H groups in total. The van der Waals surface area contributed by atoms with Crippen molar-refractivity contribution in [2.24, 2.45) is 5.92 Å². The second kappa shape index (κ2) is 6.61. The number of carbonyl (C=O) groups excluding carboxylic acids is 1. The largest absolute Gasteiger partial charge is 0.453 e. The van der Waals surface area contributed by atoms with Crippen molar-refractivity contribution in [3.63, 3.8) is 0 Å². The molecule has 0 unspecified atom stereocenters. The highest BCUT2D eigenvalue weighted by atomic mass is 16.6. The van der Waals surface area contributed by atoms with Crippen LogP contribution in [0, 0.1) is 5.92 Å². The third-order valence-electron chi connectivity index (χ3n) is 5.04. The van der Waals surface area contributed by atoms with Crippen LogP contribution in [0.2, 0.25) is 0 Å². The maximum Gasteiger partial charge on any atom is 0.309 e. The molecule has 0 bridgehead atoms. The van der Waals surface area contributed by atoms with E-state index in [0.29, 0.717) is 0 Å². The van der Waals surface area contributed by atoms with Crippen LogP contribution < -0.4 is 5.32 Å². The summed E-state index contributed by atoms with van der Waals surface area (Å²) in [6.07, 6.45) is 7.48. The fraction of sp³-hybridized carbons (Fsp3) is 0.611. The standard InChI is InChI=1S/C18H25NO2/c20-17(15-7-3-1-4-8-15)21-18(11-13-19-14-12-18)16-9-5-2-6-10-16/h2,5-6,9-10,15,19H,1,3-4,7-8,11-14H2/p+1. The molecule has 1 saturated carbocycles. The number of carbonyl (C=O) groups is 1. The molecule has 2 aliphatic rings. The molecular formula is C18H26NO2+.